The SMILES string of the molecule is CCCCC[C@H](/C=C\[C@H]1C=CC(=O)[C@@H]1C/C=C\CCCC(=O)O)OC(C)=O. The third-order valence-electron chi connectivity index (χ3n) is 4.59. The molecular weight excluding hydrogens is 344 g/mol. The summed E-state index contributed by atoms with van der Waals surface area (Å²) >= 11 is 0. The minimum absolute atomic E-state index is 0.00500. The lowest BCUT2D eigenvalue weighted by Crippen LogP contribution is -2.16. The van der Waals surface area contributed by atoms with E-state index in [4.69, 9.17) is 9.84 Å². The van der Waals surface area contributed by atoms with Gasteiger partial charge < -0.3 is 9.84 Å². The molecule has 0 fully saturated rings. The highest BCUT2D eigenvalue weighted by Gasteiger charge is 2.27. The quantitative estimate of drug-likeness (QED) is 0.288. The Kier molecular flexibility index (Phi) is 11.1. The molecule has 0 aromatic rings. The van der Waals surface area contributed by atoms with Gasteiger partial charge in [-0.25, -0.2) is 0 Å². The molecule has 1 aliphatic rings. The summed E-state index contributed by atoms with van der Waals surface area (Å²) < 4.78 is 5.37. The Morgan fingerprint density at radius 1 is 1.26 bits per heavy atom. The summed E-state index contributed by atoms with van der Waals surface area (Å²) in [5.74, 6) is -1.10. The van der Waals surface area contributed by atoms with E-state index in [1.54, 1.807) is 6.08 Å². The Morgan fingerprint density at radius 2 is 2.04 bits per heavy atom. The number of carbonyl (C=O) groups is 3. The maximum Gasteiger partial charge on any atom is 0.303 e. The third kappa shape index (κ3) is 9.92. The van der Waals surface area contributed by atoms with Gasteiger partial charge in [0, 0.05) is 25.2 Å². The molecule has 1 rings (SSSR count). The van der Waals surface area contributed by atoms with Gasteiger partial charge in [0.2, 0.25) is 0 Å². The third-order valence-corrected chi connectivity index (χ3v) is 4.59. The number of hydrogen-bond acceptors (Lipinski definition) is 4. The highest BCUT2D eigenvalue weighted by Crippen LogP contribution is 2.28. The molecule has 5 heteroatoms. The molecule has 1 aliphatic carbocycles. The van der Waals surface area contributed by atoms with Crippen molar-refractivity contribution in [2.24, 2.45) is 11.8 Å². The molecule has 0 spiro atoms. The van der Waals surface area contributed by atoms with E-state index in [9.17, 15) is 14.4 Å². The number of carboxylic acid groups (broad SMARTS) is 1. The van der Waals surface area contributed by atoms with E-state index in [0.717, 1.165) is 25.7 Å². The lowest BCUT2D eigenvalue weighted by atomic mass is 9.90. The predicted molar refractivity (Wildman–Crippen MR) is 105 cm³/mol. The van der Waals surface area contributed by atoms with E-state index in [-0.39, 0.29) is 36.1 Å². The molecule has 3 atom stereocenters. The standard InChI is InChI=1S/C22H32O5/c1-3-4-7-10-19(27-17(2)23)15-13-18-14-16-21(24)20(18)11-8-5-6-9-12-22(25)26/h5,8,13-16,18-20H,3-4,6-7,9-12H2,1-2H3,(H,25,26)/b8-5-,15-13-/t18-,19+,20+/m0/s1. The fourth-order valence-electron chi connectivity index (χ4n) is 3.11. The lowest BCUT2D eigenvalue weighted by molar-refractivity contribution is -0.144. The minimum Gasteiger partial charge on any atom is -0.481 e. The van der Waals surface area contributed by atoms with E-state index < -0.39 is 5.97 Å². The van der Waals surface area contributed by atoms with Crippen LogP contribution in [0.4, 0.5) is 0 Å². The molecule has 0 saturated carbocycles. The zero-order valence-corrected chi connectivity index (χ0v) is 16.4. The Balaban J connectivity index is 2.55. The molecule has 0 aliphatic heterocycles. The van der Waals surface area contributed by atoms with Crippen molar-refractivity contribution in [3.63, 3.8) is 0 Å². The van der Waals surface area contributed by atoms with Crippen molar-refractivity contribution in [2.75, 3.05) is 0 Å². The van der Waals surface area contributed by atoms with Gasteiger partial charge in [0.15, 0.2) is 5.78 Å². The fraction of sp³-hybridized carbons (Fsp3) is 0.591. The highest BCUT2D eigenvalue weighted by molar-refractivity contribution is 5.95. The molecule has 0 radical (unpaired) electrons. The summed E-state index contributed by atoms with van der Waals surface area (Å²) in [5, 5.41) is 8.62. The number of esters is 1. The van der Waals surface area contributed by atoms with Gasteiger partial charge in [0.25, 0.3) is 0 Å². The maximum atomic E-state index is 12.1. The van der Waals surface area contributed by atoms with Crippen LogP contribution in [0.5, 0.6) is 0 Å². The van der Waals surface area contributed by atoms with Gasteiger partial charge in [0.05, 0.1) is 0 Å². The van der Waals surface area contributed by atoms with Gasteiger partial charge in [-0.15, -0.1) is 0 Å². The fourth-order valence-corrected chi connectivity index (χ4v) is 3.11. The van der Waals surface area contributed by atoms with Crippen LogP contribution in [0.25, 0.3) is 0 Å². The van der Waals surface area contributed by atoms with E-state index >= 15 is 0 Å². The summed E-state index contributed by atoms with van der Waals surface area (Å²) in [6.45, 7) is 3.54. The van der Waals surface area contributed by atoms with E-state index in [0.29, 0.717) is 19.3 Å². The molecule has 27 heavy (non-hydrogen) atoms. The Bertz CT molecular complexity index is 573. The molecular formula is C22H32O5. The largest absolute Gasteiger partial charge is 0.481 e. The smallest absolute Gasteiger partial charge is 0.303 e. The first kappa shape index (κ1) is 22.9. The second kappa shape index (κ2) is 13.1. The van der Waals surface area contributed by atoms with Crippen molar-refractivity contribution in [2.45, 2.75) is 71.3 Å². The van der Waals surface area contributed by atoms with Crippen molar-refractivity contribution in [3.05, 3.63) is 36.5 Å². The molecule has 5 nitrogen and oxygen atoms in total. The Hall–Kier alpha value is -2.17. The Morgan fingerprint density at radius 3 is 2.70 bits per heavy atom. The number of hydrogen-bond donors (Lipinski definition) is 1. The number of ketones is 1. The maximum absolute atomic E-state index is 12.1. The molecule has 0 aromatic carbocycles. The van der Waals surface area contributed by atoms with Gasteiger partial charge >= 0.3 is 11.9 Å². The normalized spacial score (nSPS) is 20.6. The average Bonchev–Trinajstić information content (AvgIpc) is 2.95. The predicted octanol–water partition coefficient (Wildman–Crippen LogP) is 4.63. The van der Waals surface area contributed by atoms with Gasteiger partial charge in [-0.1, -0.05) is 44.1 Å². The van der Waals surface area contributed by atoms with Crippen molar-refractivity contribution in [3.8, 4) is 0 Å². The second-order valence-electron chi connectivity index (χ2n) is 6.97. The molecule has 150 valence electrons. The second-order valence-corrected chi connectivity index (χ2v) is 6.97. The van der Waals surface area contributed by atoms with E-state index in [1.165, 1.54) is 6.92 Å². The van der Waals surface area contributed by atoms with Crippen molar-refractivity contribution >= 4 is 17.7 Å². The van der Waals surface area contributed by atoms with E-state index in [2.05, 4.69) is 6.92 Å². The van der Waals surface area contributed by atoms with Crippen LogP contribution < -0.4 is 0 Å². The molecule has 0 amide bonds. The zero-order valence-electron chi connectivity index (χ0n) is 16.4. The molecule has 0 aromatic heterocycles. The number of unbranched alkanes of at least 4 members (excludes halogenated alkanes) is 3. The number of carboxylic acids is 1. The highest BCUT2D eigenvalue weighted by atomic mass is 16.5. The monoisotopic (exact) mass is 376 g/mol. The van der Waals surface area contributed by atoms with Crippen LogP contribution in [-0.2, 0) is 19.1 Å². The average molecular weight is 376 g/mol. The van der Waals surface area contributed by atoms with Crippen molar-refractivity contribution in [1.82, 2.24) is 0 Å². The van der Waals surface area contributed by atoms with E-state index in [1.807, 2.05) is 30.4 Å². The summed E-state index contributed by atoms with van der Waals surface area (Å²) in [6, 6.07) is 0. The number of aliphatic carboxylic acids is 1. The first-order valence-corrected chi connectivity index (χ1v) is 9.88. The molecule has 0 unspecified atom stereocenters. The minimum atomic E-state index is -0.787. The van der Waals surface area contributed by atoms with Crippen LogP contribution in [-0.4, -0.2) is 28.9 Å². The molecule has 0 heterocycles. The summed E-state index contributed by atoms with van der Waals surface area (Å²) in [6.07, 6.45) is 17.2. The van der Waals surface area contributed by atoms with Crippen LogP contribution >= 0.6 is 0 Å². The Labute approximate surface area is 162 Å². The summed E-state index contributed by atoms with van der Waals surface area (Å²) in [5.41, 5.74) is 0. The number of carbonyl (C=O) groups excluding carboxylic acids is 2. The topological polar surface area (TPSA) is 80.7 Å². The van der Waals surface area contributed by atoms with Crippen LogP contribution in [0.3, 0.4) is 0 Å². The van der Waals surface area contributed by atoms with Crippen LogP contribution in [0.1, 0.15) is 65.2 Å². The first-order chi connectivity index (χ1) is 12.9. The van der Waals surface area contributed by atoms with Gasteiger partial charge in [-0.05, 0) is 44.3 Å². The van der Waals surface area contributed by atoms with Gasteiger partial charge in [-0.3, -0.25) is 14.4 Å². The van der Waals surface area contributed by atoms with Crippen molar-refractivity contribution in [1.29, 1.82) is 0 Å². The first-order valence-electron chi connectivity index (χ1n) is 9.88. The summed E-state index contributed by atoms with van der Waals surface area (Å²) in [7, 11) is 0. The lowest BCUT2D eigenvalue weighted by Gasteiger charge is -2.16. The molecule has 1 N–H and O–H groups in total. The van der Waals surface area contributed by atoms with Gasteiger partial charge in [-0.2, -0.15) is 0 Å². The van der Waals surface area contributed by atoms with Crippen LogP contribution in [0.15, 0.2) is 36.5 Å². The summed E-state index contributed by atoms with van der Waals surface area (Å²) in [4.78, 5) is 33.9. The van der Waals surface area contributed by atoms with Crippen LogP contribution in [0.2, 0.25) is 0 Å². The number of allylic oxidation sites excluding steroid dienone is 5. The molecule has 0 bridgehead atoms. The van der Waals surface area contributed by atoms with Crippen LogP contribution in [0, 0.1) is 11.8 Å². The molecule has 0 saturated heterocycles. The number of ether oxygens (including phenoxy) is 1. The van der Waals surface area contributed by atoms with Gasteiger partial charge in [0.1, 0.15) is 6.10 Å². The van der Waals surface area contributed by atoms with Crippen molar-refractivity contribution < 1.29 is 24.2 Å². The number of rotatable bonds is 13. The zero-order chi connectivity index (χ0) is 20.1.